The number of halogens is 1. The molecule has 0 bridgehead atoms. The van der Waals surface area contributed by atoms with Crippen LogP contribution in [0, 0.1) is 6.92 Å². The Bertz CT molecular complexity index is 598. The smallest absolute Gasteiger partial charge is 0.190 e. The largest absolute Gasteiger partial charge is 0.467 e. The minimum Gasteiger partial charge on any atom is -0.467 e. The third-order valence-electron chi connectivity index (χ3n) is 3.63. The lowest BCUT2D eigenvalue weighted by Crippen LogP contribution is -2.39. The summed E-state index contributed by atoms with van der Waals surface area (Å²) in [6.07, 6.45) is 3.55. The highest BCUT2D eigenvalue weighted by Crippen LogP contribution is 2.03. The van der Waals surface area contributed by atoms with Gasteiger partial charge in [0.05, 0.1) is 6.26 Å². The topological polar surface area (TPSA) is 58.8 Å². The first-order valence-electron chi connectivity index (χ1n) is 8.38. The fraction of sp³-hybridized carbons (Fsp3) is 0.421. The highest BCUT2D eigenvalue weighted by Gasteiger charge is 1.99. The van der Waals surface area contributed by atoms with Gasteiger partial charge in [-0.15, -0.1) is 24.0 Å². The molecule has 0 fully saturated rings. The first-order valence-corrected chi connectivity index (χ1v) is 8.38. The Hall–Kier alpha value is -1.54. The van der Waals surface area contributed by atoms with E-state index in [4.69, 9.17) is 9.15 Å². The molecule has 1 aromatic heterocycles. The normalized spacial score (nSPS) is 11.0. The van der Waals surface area contributed by atoms with Crippen LogP contribution in [-0.4, -0.2) is 32.7 Å². The maximum atomic E-state index is 5.55. The number of nitrogens with zero attached hydrogens (tertiary/aromatic N) is 1. The van der Waals surface area contributed by atoms with Crippen LogP contribution in [0.15, 0.2) is 52.1 Å². The van der Waals surface area contributed by atoms with Crippen molar-refractivity contribution >= 4 is 29.9 Å². The van der Waals surface area contributed by atoms with Crippen molar-refractivity contribution in [3.63, 3.8) is 0 Å². The molecule has 0 radical (unpaired) electrons. The number of benzene rings is 1. The van der Waals surface area contributed by atoms with Crippen LogP contribution in [0.2, 0.25) is 0 Å². The number of furan rings is 1. The van der Waals surface area contributed by atoms with E-state index in [0.29, 0.717) is 13.2 Å². The lowest BCUT2D eigenvalue weighted by molar-refractivity contribution is 0.105. The fourth-order valence-corrected chi connectivity index (χ4v) is 2.25. The highest BCUT2D eigenvalue weighted by atomic mass is 127. The van der Waals surface area contributed by atoms with Crippen LogP contribution >= 0.6 is 24.0 Å². The first-order chi connectivity index (χ1) is 11.8. The van der Waals surface area contributed by atoms with E-state index in [9.17, 15) is 0 Å². The molecule has 6 heteroatoms. The molecule has 1 heterocycles. The van der Waals surface area contributed by atoms with Gasteiger partial charge >= 0.3 is 0 Å². The summed E-state index contributed by atoms with van der Waals surface area (Å²) in [6, 6.07) is 12.4. The second-order valence-electron chi connectivity index (χ2n) is 5.65. The zero-order chi connectivity index (χ0) is 17.0. The van der Waals surface area contributed by atoms with Crippen molar-refractivity contribution in [1.29, 1.82) is 0 Å². The van der Waals surface area contributed by atoms with E-state index < -0.39 is 0 Å². The van der Waals surface area contributed by atoms with Gasteiger partial charge in [0.1, 0.15) is 12.4 Å². The van der Waals surface area contributed by atoms with Crippen molar-refractivity contribution < 1.29 is 9.15 Å². The second-order valence-corrected chi connectivity index (χ2v) is 5.65. The molecule has 0 amide bonds. The molecule has 5 nitrogen and oxygen atoms in total. The Morgan fingerprint density at radius 2 is 1.88 bits per heavy atom. The highest BCUT2D eigenvalue weighted by molar-refractivity contribution is 14.0. The van der Waals surface area contributed by atoms with Crippen molar-refractivity contribution in [1.82, 2.24) is 10.6 Å². The number of aryl methyl sites for hydroxylation is 1. The van der Waals surface area contributed by atoms with Gasteiger partial charge in [-0.1, -0.05) is 29.8 Å². The number of hydrogen-bond acceptors (Lipinski definition) is 3. The molecule has 2 N–H and O–H groups in total. The van der Waals surface area contributed by atoms with Gasteiger partial charge in [-0.25, -0.2) is 0 Å². The Kier molecular flexibility index (Phi) is 11.0. The SMILES string of the molecule is CN=C(NCCCOCc1ccco1)NCCc1ccc(C)cc1.I. The summed E-state index contributed by atoms with van der Waals surface area (Å²) in [5.41, 5.74) is 2.62. The summed E-state index contributed by atoms with van der Waals surface area (Å²) in [5, 5.41) is 6.62. The second kappa shape index (κ2) is 12.8. The first kappa shape index (κ1) is 21.5. The monoisotopic (exact) mass is 457 g/mol. The van der Waals surface area contributed by atoms with Crippen LogP contribution in [0.1, 0.15) is 23.3 Å². The molecule has 0 aliphatic heterocycles. The molecule has 0 aliphatic rings. The molecule has 0 unspecified atom stereocenters. The van der Waals surface area contributed by atoms with E-state index in [-0.39, 0.29) is 24.0 Å². The summed E-state index contributed by atoms with van der Waals surface area (Å²) >= 11 is 0. The Morgan fingerprint density at radius 1 is 1.12 bits per heavy atom. The van der Waals surface area contributed by atoms with Crippen molar-refractivity contribution in [3.8, 4) is 0 Å². The summed E-state index contributed by atoms with van der Waals surface area (Å²) < 4.78 is 10.8. The molecular weight excluding hydrogens is 429 g/mol. The van der Waals surface area contributed by atoms with E-state index in [0.717, 1.165) is 37.7 Å². The summed E-state index contributed by atoms with van der Waals surface area (Å²) in [5.74, 6) is 1.68. The van der Waals surface area contributed by atoms with E-state index in [1.165, 1.54) is 11.1 Å². The molecule has 0 saturated heterocycles. The number of aliphatic imine (C=N–C) groups is 1. The molecule has 0 spiro atoms. The van der Waals surface area contributed by atoms with Gasteiger partial charge in [0.25, 0.3) is 0 Å². The quantitative estimate of drug-likeness (QED) is 0.262. The van der Waals surface area contributed by atoms with Crippen molar-refractivity contribution in [2.24, 2.45) is 4.99 Å². The van der Waals surface area contributed by atoms with Crippen molar-refractivity contribution in [3.05, 3.63) is 59.5 Å². The van der Waals surface area contributed by atoms with Crippen LogP contribution in [0.4, 0.5) is 0 Å². The van der Waals surface area contributed by atoms with Gasteiger partial charge in [-0.3, -0.25) is 4.99 Å². The molecule has 0 saturated carbocycles. The third kappa shape index (κ3) is 8.92. The van der Waals surface area contributed by atoms with E-state index in [2.05, 4.69) is 46.8 Å². The number of hydrogen-bond donors (Lipinski definition) is 2. The lowest BCUT2D eigenvalue weighted by atomic mass is 10.1. The van der Waals surface area contributed by atoms with Gasteiger partial charge in [0, 0.05) is 26.7 Å². The standard InChI is InChI=1S/C19H27N3O2.HI/c1-16-6-8-17(9-7-16)10-12-22-19(20-2)21-11-4-13-23-15-18-5-3-14-24-18;/h3,5-9,14H,4,10-13,15H2,1-2H3,(H2,20,21,22);1H. The Balaban J connectivity index is 0.00000312. The molecule has 0 atom stereocenters. The Labute approximate surface area is 167 Å². The minimum atomic E-state index is 0. The van der Waals surface area contributed by atoms with Gasteiger partial charge in [-0.05, 0) is 37.5 Å². The van der Waals surface area contributed by atoms with E-state index >= 15 is 0 Å². The number of ether oxygens (including phenoxy) is 1. The van der Waals surface area contributed by atoms with Gasteiger partial charge < -0.3 is 19.8 Å². The van der Waals surface area contributed by atoms with Crippen LogP contribution < -0.4 is 10.6 Å². The van der Waals surface area contributed by atoms with Gasteiger partial charge in [0.2, 0.25) is 0 Å². The minimum absolute atomic E-state index is 0. The third-order valence-corrected chi connectivity index (χ3v) is 3.63. The van der Waals surface area contributed by atoms with Crippen molar-refractivity contribution in [2.75, 3.05) is 26.7 Å². The average Bonchev–Trinajstić information content (AvgIpc) is 3.11. The summed E-state index contributed by atoms with van der Waals surface area (Å²) in [7, 11) is 1.79. The molecule has 2 rings (SSSR count). The lowest BCUT2D eigenvalue weighted by Gasteiger charge is -2.12. The van der Waals surface area contributed by atoms with E-state index in [1.54, 1.807) is 13.3 Å². The van der Waals surface area contributed by atoms with Crippen LogP contribution in [0.25, 0.3) is 0 Å². The molecule has 1 aromatic carbocycles. The maximum Gasteiger partial charge on any atom is 0.190 e. The van der Waals surface area contributed by atoms with Crippen LogP contribution in [-0.2, 0) is 17.8 Å². The zero-order valence-corrected chi connectivity index (χ0v) is 17.3. The summed E-state index contributed by atoms with van der Waals surface area (Å²) in [6.45, 7) is 5.00. The molecule has 138 valence electrons. The van der Waals surface area contributed by atoms with Crippen LogP contribution in [0.3, 0.4) is 0 Å². The predicted molar refractivity (Wildman–Crippen MR) is 113 cm³/mol. The number of rotatable bonds is 9. The molecule has 25 heavy (non-hydrogen) atoms. The van der Waals surface area contributed by atoms with Gasteiger partial charge in [-0.2, -0.15) is 0 Å². The molecular formula is C19H28IN3O2. The average molecular weight is 457 g/mol. The predicted octanol–water partition coefficient (Wildman–Crippen LogP) is 3.52. The van der Waals surface area contributed by atoms with Crippen LogP contribution in [0.5, 0.6) is 0 Å². The maximum absolute atomic E-state index is 5.55. The zero-order valence-electron chi connectivity index (χ0n) is 15.0. The van der Waals surface area contributed by atoms with Gasteiger partial charge in [0.15, 0.2) is 5.96 Å². The molecule has 0 aliphatic carbocycles. The summed E-state index contributed by atoms with van der Waals surface area (Å²) in [4.78, 5) is 4.23. The molecule has 2 aromatic rings. The van der Waals surface area contributed by atoms with E-state index in [1.807, 2.05) is 12.1 Å². The van der Waals surface area contributed by atoms with Crippen molar-refractivity contribution in [2.45, 2.75) is 26.4 Å². The number of nitrogens with one attached hydrogen (secondary N) is 2. The Morgan fingerprint density at radius 3 is 2.56 bits per heavy atom. The fourth-order valence-electron chi connectivity index (χ4n) is 2.25. The number of guanidine groups is 1.